The smallest absolute Gasteiger partial charge is 0.319 e. The van der Waals surface area contributed by atoms with Crippen LogP contribution < -0.4 is 16.0 Å². The van der Waals surface area contributed by atoms with E-state index in [0.717, 1.165) is 29.7 Å². The van der Waals surface area contributed by atoms with E-state index in [9.17, 15) is 9.59 Å². The third kappa shape index (κ3) is 5.63. The number of amides is 4. The molecule has 1 rings (SSSR count). The maximum Gasteiger partial charge on any atom is 0.319 e. The van der Waals surface area contributed by atoms with Gasteiger partial charge in [-0.3, -0.25) is 0 Å². The van der Waals surface area contributed by atoms with E-state index in [1.165, 1.54) is 4.90 Å². The second-order valence-corrected chi connectivity index (χ2v) is 5.68. The lowest BCUT2D eigenvalue weighted by Gasteiger charge is -2.17. The van der Waals surface area contributed by atoms with Crippen LogP contribution in [0.25, 0.3) is 0 Å². The van der Waals surface area contributed by atoms with Crippen LogP contribution in [-0.4, -0.2) is 44.1 Å². The van der Waals surface area contributed by atoms with E-state index in [0.29, 0.717) is 18.1 Å². The van der Waals surface area contributed by atoms with Crippen molar-refractivity contribution in [2.75, 3.05) is 32.5 Å². The molecule has 0 aliphatic carbocycles. The Morgan fingerprint density at radius 2 is 1.74 bits per heavy atom. The third-order valence-corrected chi connectivity index (χ3v) is 3.76. The van der Waals surface area contributed by atoms with E-state index in [4.69, 9.17) is 11.6 Å². The van der Waals surface area contributed by atoms with Crippen molar-refractivity contribution in [1.29, 1.82) is 0 Å². The van der Waals surface area contributed by atoms with Gasteiger partial charge in [-0.1, -0.05) is 31.5 Å². The molecule has 7 heteroatoms. The zero-order valence-corrected chi connectivity index (χ0v) is 14.9. The van der Waals surface area contributed by atoms with E-state index in [-0.39, 0.29) is 12.1 Å². The zero-order valence-electron chi connectivity index (χ0n) is 14.1. The highest BCUT2D eigenvalue weighted by atomic mass is 35.5. The molecule has 0 saturated carbocycles. The van der Waals surface area contributed by atoms with E-state index >= 15 is 0 Å². The van der Waals surface area contributed by atoms with Gasteiger partial charge in [0.15, 0.2) is 0 Å². The van der Waals surface area contributed by atoms with E-state index in [2.05, 4.69) is 16.0 Å². The third-order valence-electron chi connectivity index (χ3n) is 3.41. The fourth-order valence-corrected chi connectivity index (χ4v) is 2.42. The second-order valence-electron chi connectivity index (χ2n) is 5.27. The molecule has 3 N–H and O–H groups in total. The highest BCUT2D eigenvalue weighted by molar-refractivity contribution is 6.31. The first kappa shape index (κ1) is 19.1. The van der Waals surface area contributed by atoms with Crippen molar-refractivity contribution >= 4 is 29.4 Å². The molecule has 0 aromatic heterocycles. The van der Waals surface area contributed by atoms with Crippen molar-refractivity contribution in [3.8, 4) is 0 Å². The van der Waals surface area contributed by atoms with Gasteiger partial charge in [-0.05, 0) is 30.0 Å². The minimum absolute atomic E-state index is 0.191. The molecule has 128 valence electrons. The molecule has 0 atom stereocenters. The summed E-state index contributed by atoms with van der Waals surface area (Å²) in [5, 5.41) is 8.93. The first-order valence-corrected chi connectivity index (χ1v) is 8.08. The van der Waals surface area contributed by atoms with Crippen molar-refractivity contribution < 1.29 is 9.59 Å². The number of benzene rings is 1. The Bertz CT molecular complexity index is 561. The SMILES string of the molecule is CCc1ccc(Cl)c(CC)c1NC(=O)NCCNC(=O)N(C)C. The van der Waals surface area contributed by atoms with Gasteiger partial charge in [0.25, 0.3) is 0 Å². The summed E-state index contributed by atoms with van der Waals surface area (Å²) >= 11 is 6.21. The molecule has 1 aromatic carbocycles. The highest BCUT2D eigenvalue weighted by Gasteiger charge is 2.13. The predicted molar refractivity (Wildman–Crippen MR) is 94.3 cm³/mol. The fourth-order valence-electron chi connectivity index (χ4n) is 2.13. The number of urea groups is 2. The summed E-state index contributed by atoms with van der Waals surface area (Å²) in [6.45, 7) is 4.74. The summed E-state index contributed by atoms with van der Waals surface area (Å²) < 4.78 is 0. The lowest BCUT2D eigenvalue weighted by molar-refractivity contribution is 0.217. The van der Waals surface area contributed by atoms with Gasteiger partial charge in [0, 0.05) is 32.2 Å². The monoisotopic (exact) mass is 340 g/mol. The van der Waals surface area contributed by atoms with Crippen LogP contribution in [0.4, 0.5) is 15.3 Å². The van der Waals surface area contributed by atoms with Crippen molar-refractivity contribution in [3.05, 3.63) is 28.3 Å². The number of nitrogens with one attached hydrogen (secondary N) is 3. The van der Waals surface area contributed by atoms with Crippen LogP contribution in [0.2, 0.25) is 5.02 Å². The van der Waals surface area contributed by atoms with Crippen LogP contribution in [0, 0.1) is 0 Å². The molecule has 0 unspecified atom stereocenters. The molecule has 6 nitrogen and oxygen atoms in total. The number of nitrogens with zero attached hydrogens (tertiary/aromatic N) is 1. The fraction of sp³-hybridized carbons (Fsp3) is 0.500. The molecule has 0 aliphatic heterocycles. The Morgan fingerprint density at radius 3 is 2.30 bits per heavy atom. The van der Waals surface area contributed by atoms with Crippen LogP contribution in [0.5, 0.6) is 0 Å². The Labute approximate surface area is 142 Å². The Balaban J connectivity index is 2.61. The molecule has 0 bridgehead atoms. The summed E-state index contributed by atoms with van der Waals surface area (Å²) in [6, 6.07) is 3.28. The van der Waals surface area contributed by atoms with Crippen molar-refractivity contribution in [2.24, 2.45) is 0 Å². The minimum atomic E-state index is -0.309. The molecule has 0 fully saturated rings. The van der Waals surface area contributed by atoms with Crippen LogP contribution in [-0.2, 0) is 12.8 Å². The van der Waals surface area contributed by atoms with Gasteiger partial charge in [-0.15, -0.1) is 0 Å². The Hall–Kier alpha value is -1.95. The quantitative estimate of drug-likeness (QED) is 0.697. The predicted octanol–water partition coefficient (Wildman–Crippen LogP) is 2.86. The number of carbonyl (C=O) groups excluding carboxylic acids is 2. The molecule has 23 heavy (non-hydrogen) atoms. The molecular weight excluding hydrogens is 316 g/mol. The topological polar surface area (TPSA) is 73.5 Å². The number of aryl methyl sites for hydroxylation is 1. The van der Waals surface area contributed by atoms with Gasteiger partial charge in [0.1, 0.15) is 0 Å². The summed E-state index contributed by atoms with van der Waals surface area (Å²) in [4.78, 5) is 24.8. The summed E-state index contributed by atoms with van der Waals surface area (Å²) in [5.41, 5.74) is 2.75. The standard InChI is InChI=1S/C16H25ClN4O2/c1-5-11-7-8-13(17)12(6-2)14(11)20-15(22)18-9-10-19-16(23)21(3)4/h7-8H,5-6,9-10H2,1-4H3,(H,19,23)(H2,18,20,22). The number of anilines is 1. The molecule has 1 aromatic rings. The number of hydrogen-bond donors (Lipinski definition) is 3. The first-order valence-electron chi connectivity index (χ1n) is 7.70. The lowest BCUT2D eigenvalue weighted by Crippen LogP contribution is -2.40. The summed E-state index contributed by atoms with van der Waals surface area (Å²) in [6.07, 6.45) is 1.54. The van der Waals surface area contributed by atoms with Crippen LogP contribution in [0.15, 0.2) is 12.1 Å². The number of hydrogen-bond acceptors (Lipinski definition) is 2. The van der Waals surface area contributed by atoms with E-state index < -0.39 is 0 Å². The lowest BCUT2D eigenvalue weighted by atomic mass is 10.0. The van der Waals surface area contributed by atoms with Crippen molar-refractivity contribution in [2.45, 2.75) is 26.7 Å². The first-order chi connectivity index (χ1) is 10.9. The van der Waals surface area contributed by atoms with Gasteiger partial charge in [0.05, 0.1) is 5.69 Å². The Kier molecular flexibility index (Phi) is 7.68. The largest absolute Gasteiger partial charge is 0.336 e. The average molecular weight is 341 g/mol. The normalized spacial score (nSPS) is 10.1. The average Bonchev–Trinajstić information content (AvgIpc) is 2.51. The molecule has 0 heterocycles. The van der Waals surface area contributed by atoms with Gasteiger partial charge in [-0.25, -0.2) is 9.59 Å². The molecule has 0 saturated heterocycles. The molecular formula is C16H25ClN4O2. The van der Waals surface area contributed by atoms with Crippen LogP contribution in [0.3, 0.4) is 0 Å². The second kappa shape index (κ2) is 9.25. The van der Waals surface area contributed by atoms with E-state index in [1.807, 2.05) is 26.0 Å². The van der Waals surface area contributed by atoms with E-state index in [1.54, 1.807) is 14.1 Å². The van der Waals surface area contributed by atoms with Crippen molar-refractivity contribution in [1.82, 2.24) is 15.5 Å². The Morgan fingerprint density at radius 1 is 1.09 bits per heavy atom. The molecule has 0 radical (unpaired) electrons. The minimum Gasteiger partial charge on any atom is -0.336 e. The summed E-state index contributed by atoms with van der Waals surface area (Å²) in [7, 11) is 3.32. The number of carbonyl (C=O) groups is 2. The summed E-state index contributed by atoms with van der Waals surface area (Å²) in [5.74, 6) is 0. The van der Waals surface area contributed by atoms with Gasteiger partial charge in [-0.2, -0.15) is 0 Å². The zero-order chi connectivity index (χ0) is 17.4. The highest BCUT2D eigenvalue weighted by Crippen LogP contribution is 2.29. The van der Waals surface area contributed by atoms with Crippen LogP contribution >= 0.6 is 11.6 Å². The van der Waals surface area contributed by atoms with Gasteiger partial charge >= 0.3 is 12.1 Å². The maximum absolute atomic E-state index is 12.1. The van der Waals surface area contributed by atoms with Gasteiger partial charge in [0.2, 0.25) is 0 Å². The number of rotatable bonds is 6. The van der Waals surface area contributed by atoms with Crippen LogP contribution in [0.1, 0.15) is 25.0 Å². The molecule has 4 amide bonds. The van der Waals surface area contributed by atoms with Crippen molar-refractivity contribution in [3.63, 3.8) is 0 Å². The molecule has 0 spiro atoms. The maximum atomic E-state index is 12.1. The molecule has 0 aliphatic rings. The van der Waals surface area contributed by atoms with Gasteiger partial charge < -0.3 is 20.9 Å². The number of halogens is 1.